The normalized spacial score (nSPS) is 19.6. The zero-order valence-electron chi connectivity index (χ0n) is 11.0. The average molecular weight is 288 g/mol. The van der Waals surface area contributed by atoms with Crippen LogP contribution < -0.4 is 0 Å². The maximum absolute atomic E-state index is 13.7. The van der Waals surface area contributed by atoms with Crippen molar-refractivity contribution in [3.63, 3.8) is 0 Å². The summed E-state index contributed by atoms with van der Waals surface area (Å²) in [5, 5.41) is 10.6. The van der Waals surface area contributed by atoms with Gasteiger partial charge in [-0.2, -0.15) is 0 Å². The first-order valence-corrected chi connectivity index (χ1v) is 6.78. The molecule has 1 fully saturated rings. The standard InChI is InChI=1S/C14H19ClFNO2/c1-19-10-14(18)4-6-17(7-5-14)9-11-2-3-12(15)8-13(11)16/h2-3,8,18H,4-7,9-10H2,1H3. The first-order valence-electron chi connectivity index (χ1n) is 6.40. The second-order valence-electron chi connectivity index (χ2n) is 5.17. The predicted octanol–water partition coefficient (Wildman–Crippen LogP) is 2.45. The molecule has 2 rings (SSSR count). The molecule has 1 saturated heterocycles. The Hall–Kier alpha value is -0.680. The van der Waals surface area contributed by atoms with E-state index in [1.165, 1.54) is 6.07 Å². The summed E-state index contributed by atoms with van der Waals surface area (Å²) in [5.41, 5.74) is -0.0920. The van der Waals surface area contributed by atoms with E-state index in [-0.39, 0.29) is 5.82 Å². The minimum atomic E-state index is -0.732. The second kappa shape index (κ2) is 6.18. The van der Waals surface area contributed by atoms with Gasteiger partial charge in [-0.05, 0) is 25.0 Å². The topological polar surface area (TPSA) is 32.7 Å². The monoisotopic (exact) mass is 287 g/mol. The van der Waals surface area contributed by atoms with Crippen LogP contribution in [-0.2, 0) is 11.3 Å². The molecule has 3 nitrogen and oxygen atoms in total. The fraction of sp³-hybridized carbons (Fsp3) is 0.571. The predicted molar refractivity (Wildman–Crippen MR) is 72.7 cm³/mol. The fourth-order valence-corrected chi connectivity index (χ4v) is 2.59. The van der Waals surface area contributed by atoms with Gasteiger partial charge in [0.2, 0.25) is 0 Å². The molecule has 1 aliphatic rings. The van der Waals surface area contributed by atoms with Gasteiger partial charge < -0.3 is 9.84 Å². The van der Waals surface area contributed by atoms with Gasteiger partial charge in [0.05, 0.1) is 12.2 Å². The lowest BCUT2D eigenvalue weighted by molar-refractivity contribution is -0.0719. The van der Waals surface area contributed by atoms with Crippen LogP contribution in [0, 0.1) is 5.82 Å². The number of hydrogen-bond donors (Lipinski definition) is 1. The zero-order valence-corrected chi connectivity index (χ0v) is 11.8. The van der Waals surface area contributed by atoms with E-state index < -0.39 is 5.60 Å². The summed E-state index contributed by atoms with van der Waals surface area (Å²) in [6, 6.07) is 4.75. The number of piperidine rings is 1. The van der Waals surface area contributed by atoms with E-state index in [0.29, 0.717) is 36.6 Å². The van der Waals surface area contributed by atoms with Crippen LogP contribution in [-0.4, -0.2) is 42.4 Å². The fourth-order valence-electron chi connectivity index (χ4n) is 2.43. The van der Waals surface area contributed by atoms with Crippen LogP contribution in [0.4, 0.5) is 4.39 Å². The molecule has 1 heterocycles. The van der Waals surface area contributed by atoms with Crippen LogP contribution in [0.3, 0.4) is 0 Å². The molecule has 0 unspecified atom stereocenters. The van der Waals surface area contributed by atoms with Crippen molar-refractivity contribution in [1.82, 2.24) is 4.90 Å². The Morgan fingerprint density at radius 2 is 2.11 bits per heavy atom. The van der Waals surface area contributed by atoms with Crippen LogP contribution in [0.25, 0.3) is 0 Å². The third-order valence-electron chi connectivity index (χ3n) is 3.61. The zero-order chi connectivity index (χ0) is 13.9. The summed E-state index contributed by atoms with van der Waals surface area (Å²) >= 11 is 5.73. The third-order valence-corrected chi connectivity index (χ3v) is 3.84. The molecule has 106 valence electrons. The number of rotatable bonds is 4. The number of aliphatic hydroxyl groups is 1. The van der Waals surface area contributed by atoms with Gasteiger partial charge in [-0.25, -0.2) is 4.39 Å². The molecule has 0 aliphatic carbocycles. The summed E-state index contributed by atoms with van der Waals surface area (Å²) in [4.78, 5) is 2.14. The van der Waals surface area contributed by atoms with Crippen molar-refractivity contribution in [2.24, 2.45) is 0 Å². The molecular formula is C14H19ClFNO2. The Morgan fingerprint density at radius 1 is 1.42 bits per heavy atom. The van der Waals surface area contributed by atoms with Crippen molar-refractivity contribution in [2.75, 3.05) is 26.8 Å². The lowest BCUT2D eigenvalue weighted by atomic mass is 9.92. The van der Waals surface area contributed by atoms with Gasteiger partial charge in [-0.15, -0.1) is 0 Å². The Balaban J connectivity index is 1.92. The van der Waals surface area contributed by atoms with Crippen molar-refractivity contribution >= 4 is 11.6 Å². The average Bonchev–Trinajstić information content (AvgIpc) is 2.36. The Labute approximate surface area is 117 Å². The van der Waals surface area contributed by atoms with Gasteiger partial charge in [0, 0.05) is 37.3 Å². The number of ether oxygens (including phenoxy) is 1. The van der Waals surface area contributed by atoms with Crippen molar-refractivity contribution in [2.45, 2.75) is 25.0 Å². The molecule has 0 bridgehead atoms. The third kappa shape index (κ3) is 3.89. The van der Waals surface area contributed by atoms with E-state index in [9.17, 15) is 9.50 Å². The quantitative estimate of drug-likeness (QED) is 0.923. The Kier molecular flexibility index (Phi) is 4.79. The lowest BCUT2D eigenvalue weighted by Gasteiger charge is -2.37. The van der Waals surface area contributed by atoms with Crippen LogP contribution in [0.5, 0.6) is 0 Å². The minimum absolute atomic E-state index is 0.273. The second-order valence-corrected chi connectivity index (χ2v) is 5.61. The first kappa shape index (κ1) is 14.7. The molecule has 19 heavy (non-hydrogen) atoms. The minimum Gasteiger partial charge on any atom is -0.387 e. The number of halogens is 2. The molecule has 1 aromatic rings. The SMILES string of the molecule is COCC1(O)CCN(Cc2ccc(Cl)cc2F)CC1. The van der Waals surface area contributed by atoms with E-state index in [1.54, 1.807) is 19.2 Å². The molecule has 1 N–H and O–H groups in total. The number of likely N-dealkylation sites (tertiary alicyclic amines) is 1. The first-order chi connectivity index (χ1) is 9.02. The summed E-state index contributed by atoms with van der Waals surface area (Å²) in [6.45, 7) is 2.38. The van der Waals surface area contributed by atoms with Crippen molar-refractivity contribution in [1.29, 1.82) is 0 Å². The number of hydrogen-bond acceptors (Lipinski definition) is 3. The molecule has 0 spiro atoms. The van der Waals surface area contributed by atoms with E-state index in [4.69, 9.17) is 16.3 Å². The lowest BCUT2D eigenvalue weighted by Crippen LogP contribution is -2.46. The van der Waals surface area contributed by atoms with Gasteiger partial charge in [-0.1, -0.05) is 17.7 Å². The van der Waals surface area contributed by atoms with Crippen LogP contribution in [0.1, 0.15) is 18.4 Å². The van der Waals surface area contributed by atoms with Gasteiger partial charge in [-0.3, -0.25) is 4.90 Å². The summed E-state index contributed by atoms with van der Waals surface area (Å²) in [5.74, 6) is -0.273. The van der Waals surface area contributed by atoms with Crippen molar-refractivity contribution in [3.05, 3.63) is 34.6 Å². The Bertz CT molecular complexity index is 433. The molecule has 5 heteroatoms. The number of benzene rings is 1. The smallest absolute Gasteiger partial charge is 0.129 e. The van der Waals surface area contributed by atoms with Crippen molar-refractivity contribution < 1.29 is 14.2 Å². The van der Waals surface area contributed by atoms with Crippen LogP contribution in [0.2, 0.25) is 5.02 Å². The molecule has 0 aromatic heterocycles. The highest BCUT2D eigenvalue weighted by molar-refractivity contribution is 6.30. The largest absolute Gasteiger partial charge is 0.387 e. The van der Waals surface area contributed by atoms with E-state index in [2.05, 4.69) is 4.90 Å². The summed E-state index contributed by atoms with van der Waals surface area (Å²) < 4.78 is 18.7. The Morgan fingerprint density at radius 3 is 2.68 bits per heavy atom. The maximum atomic E-state index is 13.7. The highest BCUT2D eigenvalue weighted by Crippen LogP contribution is 2.24. The van der Waals surface area contributed by atoms with Gasteiger partial charge in [0.15, 0.2) is 0 Å². The van der Waals surface area contributed by atoms with Gasteiger partial charge >= 0.3 is 0 Å². The maximum Gasteiger partial charge on any atom is 0.129 e. The summed E-state index contributed by atoms with van der Waals surface area (Å²) in [6.07, 6.45) is 1.30. The van der Waals surface area contributed by atoms with E-state index >= 15 is 0 Å². The molecule has 0 amide bonds. The summed E-state index contributed by atoms with van der Waals surface area (Å²) in [7, 11) is 1.59. The highest BCUT2D eigenvalue weighted by Gasteiger charge is 2.32. The van der Waals surface area contributed by atoms with Gasteiger partial charge in [0.1, 0.15) is 5.82 Å². The van der Waals surface area contributed by atoms with E-state index in [1.807, 2.05) is 0 Å². The molecule has 0 atom stereocenters. The van der Waals surface area contributed by atoms with Gasteiger partial charge in [0.25, 0.3) is 0 Å². The molecule has 1 aliphatic heterocycles. The van der Waals surface area contributed by atoms with E-state index in [0.717, 1.165) is 13.1 Å². The molecule has 1 aromatic carbocycles. The molecular weight excluding hydrogens is 269 g/mol. The number of methoxy groups -OCH3 is 1. The molecule has 0 radical (unpaired) electrons. The number of nitrogens with zero attached hydrogens (tertiary/aromatic N) is 1. The highest BCUT2D eigenvalue weighted by atomic mass is 35.5. The van der Waals surface area contributed by atoms with Crippen molar-refractivity contribution in [3.8, 4) is 0 Å². The van der Waals surface area contributed by atoms with Crippen LogP contribution >= 0.6 is 11.6 Å². The van der Waals surface area contributed by atoms with Crippen LogP contribution in [0.15, 0.2) is 18.2 Å². The molecule has 0 saturated carbocycles.